The number of nitrogens with zero attached hydrogens (tertiary/aromatic N) is 2. The van der Waals surface area contributed by atoms with Crippen molar-refractivity contribution in [3.63, 3.8) is 0 Å². The minimum Gasteiger partial charge on any atom is -0.375 e. The molecule has 4 nitrogen and oxygen atoms in total. The van der Waals surface area contributed by atoms with Crippen LogP contribution in [0.2, 0.25) is 0 Å². The Morgan fingerprint density at radius 2 is 2.00 bits per heavy atom. The van der Waals surface area contributed by atoms with Crippen LogP contribution >= 0.6 is 12.2 Å². The Bertz CT molecular complexity index is 634. The van der Waals surface area contributed by atoms with E-state index in [1.807, 2.05) is 38.2 Å². The average Bonchev–Trinajstić information content (AvgIpc) is 2.37. The Kier molecular flexibility index (Phi) is 3.53. The molecule has 92 valence electrons. The molecule has 1 aromatic carbocycles. The minimum atomic E-state index is 0.144. The van der Waals surface area contributed by atoms with E-state index in [1.165, 1.54) is 5.39 Å². The highest BCUT2D eigenvalue weighted by molar-refractivity contribution is 7.80. The zero-order valence-corrected chi connectivity index (χ0v) is 11.1. The summed E-state index contributed by atoms with van der Waals surface area (Å²) < 4.78 is 0. The van der Waals surface area contributed by atoms with Crippen molar-refractivity contribution < 1.29 is 0 Å². The van der Waals surface area contributed by atoms with Gasteiger partial charge in [-0.3, -0.25) is 10.4 Å². The maximum absolute atomic E-state index is 5.35. The second-order valence-corrected chi connectivity index (χ2v) is 4.45. The summed E-state index contributed by atoms with van der Waals surface area (Å²) in [5.41, 5.74) is 10.7. The lowest BCUT2D eigenvalue weighted by Crippen LogP contribution is -2.25. The van der Waals surface area contributed by atoms with Gasteiger partial charge in [0.15, 0.2) is 5.11 Å². The van der Waals surface area contributed by atoms with E-state index in [-0.39, 0.29) is 5.11 Å². The van der Waals surface area contributed by atoms with Gasteiger partial charge in [-0.15, -0.1) is 0 Å². The molecule has 0 amide bonds. The smallest absolute Gasteiger partial charge is 0.184 e. The fourth-order valence-corrected chi connectivity index (χ4v) is 1.86. The molecule has 2 rings (SSSR count). The molecule has 0 bridgehead atoms. The third-order valence-corrected chi connectivity index (χ3v) is 2.76. The van der Waals surface area contributed by atoms with E-state index in [0.29, 0.717) is 0 Å². The van der Waals surface area contributed by atoms with Crippen molar-refractivity contribution in [3.05, 3.63) is 41.7 Å². The average molecular weight is 258 g/mol. The molecule has 2 aromatic rings. The summed E-state index contributed by atoms with van der Waals surface area (Å²) in [6.07, 6.45) is 1.84. The van der Waals surface area contributed by atoms with Crippen molar-refractivity contribution in [3.8, 4) is 0 Å². The molecule has 0 atom stereocenters. The molecule has 1 heterocycles. The first-order valence-corrected chi connectivity index (χ1v) is 5.95. The number of fused-ring (bicyclic) bond motifs is 1. The van der Waals surface area contributed by atoms with Crippen LogP contribution in [0.3, 0.4) is 0 Å². The van der Waals surface area contributed by atoms with Gasteiger partial charge in [-0.05, 0) is 37.0 Å². The summed E-state index contributed by atoms with van der Waals surface area (Å²) in [6, 6.07) is 8.11. The van der Waals surface area contributed by atoms with E-state index in [9.17, 15) is 0 Å². The number of hydrogen-bond acceptors (Lipinski definition) is 3. The lowest BCUT2D eigenvalue weighted by molar-refractivity contribution is 1.02. The maximum Gasteiger partial charge on any atom is 0.184 e. The lowest BCUT2D eigenvalue weighted by atomic mass is 10.0. The molecule has 0 saturated carbocycles. The molecule has 5 heteroatoms. The number of nitrogens with one attached hydrogen (secondary N) is 1. The highest BCUT2D eigenvalue weighted by Gasteiger charge is 2.07. The standard InChI is InChI=1S/C13H14N4S/c1-8-7-15-12(9(2)16-17-13(14)18)11-6-4-3-5-10(8)11/h3-7H,1-2H3,(H3,14,17,18)/b16-9+. The van der Waals surface area contributed by atoms with E-state index >= 15 is 0 Å². The molecule has 0 radical (unpaired) electrons. The number of rotatable bonds is 2. The molecule has 0 aliphatic heterocycles. The summed E-state index contributed by atoms with van der Waals surface area (Å²) in [7, 11) is 0. The molecule has 0 aliphatic rings. The van der Waals surface area contributed by atoms with E-state index in [4.69, 9.17) is 18.0 Å². The Balaban J connectivity index is 2.55. The van der Waals surface area contributed by atoms with Gasteiger partial charge in [0.05, 0.1) is 11.4 Å². The SMILES string of the molecule is C/C(=N\NC(N)=S)c1ncc(C)c2ccccc12. The summed E-state index contributed by atoms with van der Waals surface area (Å²) in [5.74, 6) is 0. The van der Waals surface area contributed by atoms with Gasteiger partial charge in [0.1, 0.15) is 0 Å². The molecular formula is C13H14N4S. The third-order valence-electron chi connectivity index (χ3n) is 2.67. The summed E-state index contributed by atoms with van der Waals surface area (Å²) in [5, 5.41) is 6.50. The van der Waals surface area contributed by atoms with E-state index in [2.05, 4.69) is 21.6 Å². The Hall–Kier alpha value is -2.01. The normalized spacial score (nSPS) is 11.6. The largest absolute Gasteiger partial charge is 0.375 e. The first-order valence-electron chi connectivity index (χ1n) is 5.54. The second kappa shape index (κ2) is 5.10. The number of benzene rings is 1. The number of hydrogen-bond donors (Lipinski definition) is 2. The molecule has 0 unspecified atom stereocenters. The predicted octanol–water partition coefficient (Wildman–Crippen LogP) is 2.10. The van der Waals surface area contributed by atoms with Gasteiger partial charge >= 0.3 is 0 Å². The number of nitrogens with two attached hydrogens (primary N) is 1. The van der Waals surface area contributed by atoms with Crippen LogP contribution in [-0.4, -0.2) is 15.8 Å². The minimum absolute atomic E-state index is 0.144. The van der Waals surface area contributed by atoms with Gasteiger partial charge < -0.3 is 5.73 Å². The second-order valence-electron chi connectivity index (χ2n) is 4.01. The van der Waals surface area contributed by atoms with Crippen LogP contribution in [0.1, 0.15) is 18.2 Å². The van der Waals surface area contributed by atoms with Gasteiger partial charge in [-0.1, -0.05) is 24.3 Å². The summed E-state index contributed by atoms with van der Waals surface area (Å²) in [4.78, 5) is 4.43. The monoisotopic (exact) mass is 258 g/mol. The molecule has 0 saturated heterocycles. The van der Waals surface area contributed by atoms with Crippen molar-refractivity contribution in [1.82, 2.24) is 10.4 Å². The zero-order chi connectivity index (χ0) is 13.1. The number of aromatic nitrogens is 1. The van der Waals surface area contributed by atoms with Crippen molar-refractivity contribution in [1.29, 1.82) is 0 Å². The Morgan fingerprint density at radius 3 is 2.67 bits per heavy atom. The van der Waals surface area contributed by atoms with Crippen molar-refractivity contribution in [2.45, 2.75) is 13.8 Å². The summed E-state index contributed by atoms with van der Waals surface area (Å²) >= 11 is 4.72. The molecule has 3 N–H and O–H groups in total. The van der Waals surface area contributed by atoms with Crippen LogP contribution in [0.15, 0.2) is 35.6 Å². The number of pyridine rings is 1. The van der Waals surface area contributed by atoms with E-state index in [0.717, 1.165) is 22.4 Å². The van der Waals surface area contributed by atoms with Crippen LogP contribution < -0.4 is 11.2 Å². The Labute approximate surface area is 111 Å². The van der Waals surface area contributed by atoms with E-state index < -0.39 is 0 Å². The van der Waals surface area contributed by atoms with Gasteiger partial charge in [0.25, 0.3) is 0 Å². The first kappa shape index (κ1) is 12.4. The topological polar surface area (TPSA) is 63.3 Å². The van der Waals surface area contributed by atoms with E-state index in [1.54, 1.807) is 0 Å². The maximum atomic E-state index is 5.35. The van der Waals surface area contributed by atoms with Crippen LogP contribution in [0.25, 0.3) is 10.8 Å². The number of aryl methyl sites for hydroxylation is 1. The van der Waals surface area contributed by atoms with Crippen LogP contribution in [-0.2, 0) is 0 Å². The lowest BCUT2D eigenvalue weighted by Gasteiger charge is -2.07. The molecule has 1 aromatic heterocycles. The predicted molar refractivity (Wildman–Crippen MR) is 78.6 cm³/mol. The van der Waals surface area contributed by atoms with Gasteiger partial charge in [-0.2, -0.15) is 5.10 Å². The van der Waals surface area contributed by atoms with Crippen molar-refractivity contribution in [2.24, 2.45) is 10.8 Å². The fourth-order valence-electron chi connectivity index (χ4n) is 1.81. The Morgan fingerprint density at radius 1 is 1.33 bits per heavy atom. The molecule has 0 aliphatic carbocycles. The fraction of sp³-hybridized carbons (Fsp3) is 0.154. The molecule has 18 heavy (non-hydrogen) atoms. The van der Waals surface area contributed by atoms with Gasteiger partial charge in [0, 0.05) is 11.6 Å². The molecule has 0 fully saturated rings. The van der Waals surface area contributed by atoms with Crippen LogP contribution in [0, 0.1) is 6.92 Å². The van der Waals surface area contributed by atoms with Crippen LogP contribution in [0.5, 0.6) is 0 Å². The highest BCUT2D eigenvalue weighted by Crippen LogP contribution is 2.20. The van der Waals surface area contributed by atoms with Gasteiger partial charge in [0.2, 0.25) is 0 Å². The summed E-state index contributed by atoms with van der Waals surface area (Å²) in [6.45, 7) is 3.91. The zero-order valence-electron chi connectivity index (χ0n) is 10.3. The van der Waals surface area contributed by atoms with Gasteiger partial charge in [-0.25, -0.2) is 0 Å². The first-order chi connectivity index (χ1) is 8.59. The molecular weight excluding hydrogens is 244 g/mol. The van der Waals surface area contributed by atoms with Crippen molar-refractivity contribution >= 4 is 33.8 Å². The number of thiocarbonyl (C=S) groups is 1. The number of hydrazone groups is 1. The molecule has 0 spiro atoms. The highest BCUT2D eigenvalue weighted by atomic mass is 32.1. The van der Waals surface area contributed by atoms with Crippen molar-refractivity contribution in [2.75, 3.05) is 0 Å². The quantitative estimate of drug-likeness (QED) is 0.492. The third kappa shape index (κ3) is 2.46. The van der Waals surface area contributed by atoms with Crippen LogP contribution in [0.4, 0.5) is 0 Å².